The van der Waals surface area contributed by atoms with E-state index in [1.54, 1.807) is 0 Å². The van der Waals surface area contributed by atoms with Crippen LogP contribution < -0.4 is 0 Å². The number of aromatic nitrogens is 2. The van der Waals surface area contributed by atoms with Crippen molar-refractivity contribution in [1.82, 2.24) is 9.97 Å². The van der Waals surface area contributed by atoms with Gasteiger partial charge in [-0.1, -0.05) is 15.9 Å². The van der Waals surface area contributed by atoms with Gasteiger partial charge in [-0.15, -0.1) is 0 Å². The number of hydrogen-bond acceptors (Lipinski definition) is 3. The second-order valence-electron chi connectivity index (χ2n) is 3.46. The minimum atomic E-state index is -0.817. The summed E-state index contributed by atoms with van der Waals surface area (Å²) in [6.07, 6.45) is 3.68. The van der Waals surface area contributed by atoms with Gasteiger partial charge in [0.25, 0.3) is 0 Å². The largest absolute Gasteiger partial charge is 0.391 e. The number of rotatable bonds is 2. The number of halogens is 5. The summed E-state index contributed by atoms with van der Waals surface area (Å²) in [6.45, 7) is -0.639. The highest BCUT2D eigenvalue weighted by atomic mass is 79.9. The molecule has 0 unspecified atom stereocenters. The van der Waals surface area contributed by atoms with Crippen LogP contribution in [0, 0.1) is 23.3 Å². The van der Waals surface area contributed by atoms with Crippen LogP contribution in [-0.2, 0) is 11.9 Å². The summed E-state index contributed by atoms with van der Waals surface area (Å²) in [6, 6.07) is 0. The Bertz CT molecular complexity index is 491. The van der Waals surface area contributed by atoms with E-state index in [0.29, 0.717) is 0 Å². The van der Waals surface area contributed by atoms with E-state index in [4.69, 9.17) is 5.11 Å². The lowest BCUT2D eigenvalue weighted by Crippen LogP contribution is -1.95. The predicted octanol–water partition coefficient (Wildman–Crippen LogP) is 3.11. The molecule has 2 rings (SSSR count). The molecule has 0 fully saturated rings. The number of pyridine rings is 2. The molecule has 1 N–H and O–H groups in total. The Kier molecular flexibility index (Phi) is 6.53. The van der Waals surface area contributed by atoms with Crippen LogP contribution in [0.2, 0.25) is 0 Å². The average molecular weight is 353 g/mol. The van der Waals surface area contributed by atoms with Gasteiger partial charge in [0.15, 0.2) is 0 Å². The molecule has 0 saturated heterocycles. The summed E-state index contributed by atoms with van der Waals surface area (Å²) in [4.78, 5) is 6.55. The Morgan fingerprint density at radius 2 is 1.15 bits per heavy atom. The van der Waals surface area contributed by atoms with Gasteiger partial charge in [-0.3, -0.25) is 9.97 Å². The van der Waals surface area contributed by atoms with Gasteiger partial charge in [-0.05, 0) is 0 Å². The molecule has 0 aliphatic rings. The second-order valence-corrected chi connectivity index (χ2v) is 4.02. The van der Waals surface area contributed by atoms with Crippen molar-refractivity contribution < 1.29 is 22.7 Å². The number of aliphatic hydroxyl groups is 1. The Labute approximate surface area is 120 Å². The van der Waals surface area contributed by atoms with E-state index in [1.807, 2.05) is 0 Å². The molecule has 0 aliphatic carbocycles. The Morgan fingerprint density at radius 3 is 1.35 bits per heavy atom. The van der Waals surface area contributed by atoms with E-state index < -0.39 is 29.9 Å². The lowest BCUT2D eigenvalue weighted by molar-refractivity contribution is 0.268. The highest BCUT2D eigenvalue weighted by Gasteiger charge is 2.06. The van der Waals surface area contributed by atoms with Crippen molar-refractivity contribution in [2.45, 2.75) is 11.9 Å². The third-order valence-electron chi connectivity index (χ3n) is 2.20. The van der Waals surface area contributed by atoms with Crippen molar-refractivity contribution >= 4 is 15.9 Å². The first-order valence-corrected chi connectivity index (χ1v) is 6.36. The average Bonchev–Trinajstić information content (AvgIpc) is 2.40. The van der Waals surface area contributed by atoms with E-state index in [0.717, 1.165) is 24.8 Å². The maximum absolute atomic E-state index is 12.5. The molecule has 3 nitrogen and oxygen atoms in total. The summed E-state index contributed by atoms with van der Waals surface area (Å²) < 4.78 is 49.8. The van der Waals surface area contributed by atoms with Crippen molar-refractivity contribution in [3.8, 4) is 0 Å². The lowest BCUT2D eigenvalue weighted by atomic mass is 10.2. The van der Waals surface area contributed by atoms with Crippen LogP contribution in [0.15, 0.2) is 24.8 Å². The first-order valence-electron chi connectivity index (χ1n) is 5.23. The van der Waals surface area contributed by atoms with Gasteiger partial charge in [-0.2, -0.15) is 0 Å². The van der Waals surface area contributed by atoms with Crippen molar-refractivity contribution in [2.75, 3.05) is 0 Å². The Hall–Kier alpha value is -1.54. The monoisotopic (exact) mass is 352 g/mol. The molecule has 0 spiro atoms. The Morgan fingerprint density at radius 1 is 0.800 bits per heavy atom. The van der Waals surface area contributed by atoms with Gasteiger partial charge in [0.1, 0.15) is 23.3 Å². The molecule has 2 aromatic heterocycles. The molecule has 2 aromatic rings. The molecule has 20 heavy (non-hydrogen) atoms. The topological polar surface area (TPSA) is 46.0 Å². The summed E-state index contributed by atoms with van der Waals surface area (Å²) in [5.41, 5.74) is -0.315. The zero-order valence-corrected chi connectivity index (χ0v) is 11.5. The molecular formula is C12H9BrF4N2O. The van der Waals surface area contributed by atoms with E-state index in [9.17, 15) is 17.6 Å². The first kappa shape index (κ1) is 16.5. The van der Waals surface area contributed by atoms with E-state index in [-0.39, 0.29) is 16.5 Å². The molecule has 108 valence electrons. The highest BCUT2D eigenvalue weighted by Crippen LogP contribution is 2.13. The SMILES string of the molecule is Fc1cncc(F)c1CBr.OCc1c(F)cncc1F. The highest BCUT2D eigenvalue weighted by molar-refractivity contribution is 9.08. The molecule has 0 radical (unpaired) electrons. The smallest absolute Gasteiger partial charge is 0.149 e. The van der Waals surface area contributed by atoms with Crippen molar-refractivity contribution in [3.05, 3.63) is 59.2 Å². The molecule has 8 heteroatoms. The van der Waals surface area contributed by atoms with Crippen LogP contribution >= 0.6 is 15.9 Å². The van der Waals surface area contributed by atoms with Gasteiger partial charge in [-0.25, -0.2) is 17.6 Å². The fourth-order valence-corrected chi connectivity index (χ4v) is 1.69. The standard InChI is InChI=1S/C6H4BrF2N.C6H5F2NO/c7-1-4-5(8)2-10-3-6(4)9;7-5-1-9-2-6(8)4(5)3-10/h2-3H,1H2;1-2,10H,3H2. The number of aliphatic hydroxyl groups excluding tert-OH is 1. The fraction of sp³-hybridized carbons (Fsp3) is 0.167. The van der Waals surface area contributed by atoms with Gasteiger partial charge < -0.3 is 5.11 Å². The summed E-state index contributed by atoms with van der Waals surface area (Å²) >= 11 is 2.95. The molecule has 0 aromatic carbocycles. The zero-order chi connectivity index (χ0) is 15.1. The molecule has 0 saturated carbocycles. The van der Waals surface area contributed by atoms with Gasteiger partial charge >= 0.3 is 0 Å². The molecule has 2 heterocycles. The van der Waals surface area contributed by atoms with Crippen LogP contribution in [0.3, 0.4) is 0 Å². The maximum atomic E-state index is 12.5. The van der Waals surface area contributed by atoms with E-state index >= 15 is 0 Å². The van der Waals surface area contributed by atoms with Gasteiger partial charge in [0.05, 0.1) is 37.0 Å². The first-order chi connectivity index (χ1) is 9.51. The molecule has 0 bridgehead atoms. The number of hydrogen-bond donors (Lipinski definition) is 1. The molecule has 0 aliphatic heterocycles. The number of nitrogens with zero attached hydrogens (tertiary/aromatic N) is 2. The van der Waals surface area contributed by atoms with Crippen LogP contribution in [0.25, 0.3) is 0 Å². The summed E-state index contributed by atoms with van der Waals surface area (Å²) in [5.74, 6) is -2.86. The second kappa shape index (κ2) is 7.91. The summed E-state index contributed by atoms with van der Waals surface area (Å²) in [5, 5.41) is 8.57. The third-order valence-corrected chi connectivity index (χ3v) is 2.76. The number of alkyl halides is 1. The normalized spacial score (nSPS) is 9.90. The molecular weight excluding hydrogens is 344 g/mol. The van der Waals surface area contributed by atoms with Gasteiger partial charge in [0.2, 0.25) is 0 Å². The van der Waals surface area contributed by atoms with Crippen molar-refractivity contribution in [2.24, 2.45) is 0 Å². The zero-order valence-electron chi connectivity index (χ0n) is 9.96. The lowest BCUT2D eigenvalue weighted by Gasteiger charge is -1.97. The molecule has 0 atom stereocenters. The van der Waals surface area contributed by atoms with E-state index in [1.165, 1.54) is 0 Å². The van der Waals surface area contributed by atoms with Crippen LogP contribution in [0.1, 0.15) is 11.1 Å². The third kappa shape index (κ3) is 4.24. The quantitative estimate of drug-likeness (QED) is 0.667. The maximum Gasteiger partial charge on any atom is 0.149 e. The Balaban J connectivity index is 0.000000200. The minimum absolute atomic E-state index is 0.0231. The van der Waals surface area contributed by atoms with Crippen molar-refractivity contribution in [3.63, 3.8) is 0 Å². The van der Waals surface area contributed by atoms with Crippen molar-refractivity contribution in [1.29, 1.82) is 0 Å². The van der Waals surface area contributed by atoms with Crippen LogP contribution in [-0.4, -0.2) is 15.1 Å². The van der Waals surface area contributed by atoms with Crippen LogP contribution in [0.5, 0.6) is 0 Å². The predicted molar refractivity (Wildman–Crippen MR) is 66.9 cm³/mol. The molecule has 0 amide bonds. The van der Waals surface area contributed by atoms with Gasteiger partial charge in [0, 0.05) is 10.9 Å². The summed E-state index contributed by atoms with van der Waals surface area (Å²) in [7, 11) is 0. The minimum Gasteiger partial charge on any atom is -0.391 e. The van der Waals surface area contributed by atoms with Crippen LogP contribution in [0.4, 0.5) is 17.6 Å². The van der Waals surface area contributed by atoms with E-state index in [2.05, 4.69) is 25.9 Å². The fourth-order valence-electron chi connectivity index (χ4n) is 1.15.